The molecule has 2 heterocycles. The van der Waals surface area contributed by atoms with Gasteiger partial charge in [-0.1, -0.05) is 6.07 Å². The van der Waals surface area contributed by atoms with E-state index in [1.54, 1.807) is 10.4 Å². The van der Waals surface area contributed by atoms with Crippen molar-refractivity contribution in [2.75, 3.05) is 0 Å². The molecule has 1 N–H and O–H groups in total. The molecule has 18 heavy (non-hydrogen) atoms. The van der Waals surface area contributed by atoms with Gasteiger partial charge < -0.3 is 5.32 Å². The Morgan fingerprint density at radius 1 is 1.33 bits per heavy atom. The Hall–Kier alpha value is -0.640. The first-order valence-electron chi connectivity index (χ1n) is 6.67. The molecule has 0 saturated heterocycles. The SMILES string of the molecule is CC(Cc1cccs1)NC1CCCc2sccc21. The second-order valence-electron chi connectivity index (χ2n) is 5.10. The summed E-state index contributed by atoms with van der Waals surface area (Å²) in [5.74, 6) is 0. The summed E-state index contributed by atoms with van der Waals surface area (Å²) < 4.78 is 0. The van der Waals surface area contributed by atoms with Crippen molar-refractivity contribution in [3.63, 3.8) is 0 Å². The minimum Gasteiger partial charge on any atom is -0.307 e. The van der Waals surface area contributed by atoms with Crippen LogP contribution in [0, 0.1) is 0 Å². The van der Waals surface area contributed by atoms with E-state index in [0.717, 1.165) is 6.42 Å². The van der Waals surface area contributed by atoms with Gasteiger partial charge in [-0.15, -0.1) is 22.7 Å². The van der Waals surface area contributed by atoms with Gasteiger partial charge in [-0.2, -0.15) is 0 Å². The van der Waals surface area contributed by atoms with Crippen molar-refractivity contribution < 1.29 is 0 Å². The number of hydrogen-bond donors (Lipinski definition) is 1. The molecule has 2 aromatic rings. The van der Waals surface area contributed by atoms with E-state index in [-0.39, 0.29) is 0 Å². The van der Waals surface area contributed by atoms with E-state index in [2.05, 4.69) is 41.2 Å². The van der Waals surface area contributed by atoms with Gasteiger partial charge >= 0.3 is 0 Å². The lowest BCUT2D eigenvalue weighted by atomic mass is 9.93. The van der Waals surface area contributed by atoms with Crippen molar-refractivity contribution in [3.8, 4) is 0 Å². The molecule has 0 aromatic carbocycles. The molecule has 1 aliphatic carbocycles. The first-order valence-corrected chi connectivity index (χ1v) is 8.43. The Kier molecular flexibility index (Phi) is 3.83. The molecular formula is C15H19NS2. The fourth-order valence-electron chi connectivity index (χ4n) is 2.79. The minimum atomic E-state index is 0.555. The molecule has 1 nitrogen and oxygen atoms in total. The molecule has 0 aliphatic heterocycles. The molecule has 0 amide bonds. The van der Waals surface area contributed by atoms with Gasteiger partial charge in [0.1, 0.15) is 0 Å². The Labute approximate surface area is 117 Å². The average Bonchev–Trinajstić information content (AvgIpc) is 2.99. The first kappa shape index (κ1) is 12.4. The number of nitrogens with one attached hydrogen (secondary N) is 1. The second kappa shape index (κ2) is 5.55. The van der Waals surface area contributed by atoms with Crippen LogP contribution in [0.2, 0.25) is 0 Å². The quantitative estimate of drug-likeness (QED) is 0.873. The van der Waals surface area contributed by atoms with Crippen LogP contribution < -0.4 is 5.32 Å². The lowest BCUT2D eigenvalue weighted by molar-refractivity contribution is 0.411. The molecule has 3 heteroatoms. The minimum absolute atomic E-state index is 0.555. The highest BCUT2D eigenvalue weighted by Gasteiger charge is 2.22. The van der Waals surface area contributed by atoms with Crippen LogP contribution in [0.3, 0.4) is 0 Å². The maximum Gasteiger partial charge on any atom is 0.0333 e. The fraction of sp³-hybridized carbons (Fsp3) is 0.467. The third-order valence-corrected chi connectivity index (χ3v) is 5.52. The van der Waals surface area contributed by atoms with Crippen molar-refractivity contribution in [3.05, 3.63) is 44.3 Å². The Bertz CT molecular complexity index is 486. The lowest BCUT2D eigenvalue weighted by Gasteiger charge is -2.27. The predicted molar refractivity (Wildman–Crippen MR) is 80.6 cm³/mol. The number of hydrogen-bond acceptors (Lipinski definition) is 3. The molecule has 0 fully saturated rings. The van der Waals surface area contributed by atoms with Crippen LogP contribution in [0.4, 0.5) is 0 Å². The summed E-state index contributed by atoms with van der Waals surface area (Å²) in [5, 5.41) is 8.22. The van der Waals surface area contributed by atoms with Gasteiger partial charge in [0, 0.05) is 21.8 Å². The third kappa shape index (κ3) is 2.68. The molecule has 0 spiro atoms. The summed E-state index contributed by atoms with van der Waals surface area (Å²) in [6.07, 6.45) is 5.05. The average molecular weight is 277 g/mol. The maximum absolute atomic E-state index is 3.81. The van der Waals surface area contributed by atoms with E-state index >= 15 is 0 Å². The fourth-order valence-corrected chi connectivity index (χ4v) is 4.62. The Morgan fingerprint density at radius 2 is 2.28 bits per heavy atom. The molecule has 0 saturated carbocycles. The highest BCUT2D eigenvalue weighted by molar-refractivity contribution is 7.10. The number of thiophene rings is 2. The van der Waals surface area contributed by atoms with Crippen LogP contribution in [0.1, 0.15) is 41.1 Å². The zero-order valence-corrected chi connectivity index (χ0v) is 12.3. The molecule has 1 aliphatic rings. The Balaban J connectivity index is 1.64. The van der Waals surface area contributed by atoms with Crippen LogP contribution in [0.5, 0.6) is 0 Å². The van der Waals surface area contributed by atoms with Gasteiger partial charge in [0.2, 0.25) is 0 Å². The van der Waals surface area contributed by atoms with Crippen molar-refractivity contribution >= 4 is 22.7 Å². The lowest BCUT2D eigenvalue weighted by Crippen LogP contribution is -2.33. The Morgan fingerprint density at radius 3 is 3.11 bits per heavy atom. The van der Waals surface area contributed by atoms with E-state index in [1.807, 2.05) is 22.7 Å². The van der Waals surface area contributed by atoms with Crippen molar-refractivity contribution in [1.82, 2.24) is 5.32 Å². The number of rotatable bonds is 4. The molecular weight excluding hydrogens is 258 g/mol. The summed E-state index contributed by atoms with van der Waals surface area (Å²) in [5.41, 5.74) is 1.56. The highest BCUT2D eigenvalue weighted by Crippen LogP contribution is 2.33. The zero-order valence-electron chi connectivity index (χ0n) is 10.7. The van der Waals surface area contributed by atoms with Crippen molar-refractivity contribution in [2.45, 2.75) is 44.7 Å². The van der Waals surface area contributed by atoms with Gasteiger partial charge in [-0.3, -0.25) is 0 Å². The molecule has 0 bridgehead atoms. The molecule has 2 atom stereocenters. The molecule has 2 aromatic heterocycles. The first-order chi connectivity index (χ1) is 8.83. The smallest absolute Gasteiger partial charge is 0.0333 e. The molecule has 2 unspecified atom stereocenters. The van der Waals surface area contributed by atoms with E-state index < -0.39 is 0 Å². The van der Waals surface area contributed by atoms with E-state index in [9.17, 15) is 0 Å². The third-order valence-electron chi connectivity index (χ3n) is 3.63. The summed E-state index contributed by atoms with van der Waals surface area (Å²) in [7, 11) is 0. The summed E-state index contributed by atoms with van der Waals surface area (Å²) in [4.78, 5) is 3.08. The van der Waals surface area contributed by atoms with Gasteiger partial charge in [0.15, 0.2) is 0 Å². The van der Waals surface area contributed by atoms with Gasteiger partial charge in [-0.05, 0) is 61.1 Å². The van der Waals surface area contributed by atoms with Crippen molar-refractivity contribution in [2.24, 2.45) is 0 Å². The van der Waals surface area contributed by atoms with Crippen LogP contribution >= 0.6 is 22.7 Å². The largest absolute Gasteiger partial charge is 0.307 e. The monoisotopic (exact) mass is 277 g/mol. The van der Waals surface area contributed by atoms with E-state index in [0.29, 0.717) is 12.1 Å². The molecule has 96 valence electrons. The standard InChI is InChI=1S/C15H19NS2/c1-11(10-12-4-3-8-17-12)16-14-5-2-6-15-13(14)7-9-18-15/h3-4,7-9,11,14,16H,2,5-6,10H2,1H3. The summed E-state index contributed by atoms with van der Waals surface area (Å²) >= 11 is 3.79. The second-order valence-corrected chi connectivity index (χ2v) is 7.13. The molecule has 0 radical (unpaired) electrons. The van der Waals surface area contributed by atoms with Crippen molar-refractivity contribution in [1.29, 1.82) is 0 Å². The maximum atomic E-state index is 3.81. The number of fused-ring (bicyclic) bond motifs is 1. The topological polar surface area (TPSA) is 12.0 Å². The zero-order chi connectivity index (χ0) is 12.4. The van der Waals surface area contributed by atoms with Gasteiger partial charge in [-0.25, -0.2) is 0 Å². The van der Waals surface area contributed by atoms with Gasteiger partial charge in [0.05, 0.1) is 0 Å². The summed E-state index contributed by atoms with van der Waals surface area (Å²) in [6.45, 7) is 2.31. The number of aryl methyl sites for hydroxylation is 1. The van der Waals surface area contributed by atoms with Crippen LogP contribution in [-0.4, -0.2) is 6.04 Å². The summed E-state index contributed by atoms with van der Waals surface area (Å²) in [6, 6.07) is 7.83. The highest BCUT2D eigenvalue weighted by atomic mass is 32.1. The predicted octanol–water partition coefficient (Wildman–Crippen LogP) is 4.41. The van der Waals surface area contributed by atoms with E-state index in [4.69, 9.17) is 0 Å². The van der Waals surface area contributed by atoms with Crippen LogP contribution in [0.15, 0.2) is 29.0 Å². The van der Waals surface area contributed by atoms with E-state index in [1.165, 1.54) is 24.1 Å². The van der Waals surface area contributed by atoms with Gasteiger partial charge in [0.25, 0.3) is 0 Å². The molecule has 3 rings (SSSR count). The van der Waals surface area contributed by atoms with Crippen LogP contribution in [-0.2, 0) is 12.8 Å². The normalized spacial score (nSPS) is 20.6. The van der Waals surface area contributed by atoms with Crippen LogP contribution in [0.25, 0.3) is 0 Å².